The van der Waals surface area contributed by atoms with Crippen molar-refractivity contribution < 1.29 is 23.5 Å². The van der Waals surface area contributed by atoms with Crippen LogP contribution in [0.3, 0.4) is 0 Å². The maximum absolute atomic E-state index is 12.6. The molecule has 0 amide bonds. The molecule has 0 aromatic carbocycles. The third kappa shape index (κ3) is 1.89. The van der Waals surface area contributed by atoms with Gasteiger partial charge in [0.15, 0.2) is 0 Å². The predicted octanol–water partition coefficient (Wildman–Crippen LogP) is -0.292. The Bertz CT molecular complexity index is 283. The third-order valence-corrected chi connectivity index (χ3v) is 1.04. The summed E-state index contributed by atoms with van der Waals surface area (Å²) in [6.07, 6.45) is 0.941. The Morgan fingerprint density at radius 1 is 1.42 bits per heavy atom. The van der Waals surface area contributed by atoms with Crippen LogP contribution in [0.2, 0.25) is 0 Å². The van der Waals surface area contributed by atoms with E-state index in [1.807, 2.05) is 0 Å². The molecule has 2 N–H and O–H groups in total. The van der Waals surface area contributed by atoms with E-state index in [4.69, 9.17) is 10.0 Å². The number of nitrogens with zero attached hydrogens (tertiary/aromatic N) is 1. The average Bonchev–Trinajstić information content (AvgIpc) is 1.98. The van der Waals surface area contributed by atoms with Crippen LogP contribution in [0.25, 0.3) is 0 Å². The molecule has 1 aromatic rings. The highest BCUT2D eigenvalue weighted by Crippen LogP contribution is 2.16. The first kappa shape index (κ1) is 8.89. The molecule has 0 radical (unpaired) electrons. The largest absolute Gasteiger partial charge is 0.707 e. The molecule has 0 atom stereocenters. The van der Waals surface area contributed by atoms with Crippen LogP contribution in [0.5, 0.6) is 5.75 Å². The Balaban J connectivity index is 2.92. The Hall–Kier alpha value is -1.21. The fourth-order valence-electron chi connectivity index (χ4n) is 0.606. The standard InChI is InChI=1S/C5H4BF2NO3/c7-4-3(12-6(10)11)1-2-9-5(4)8/h1-2,10-11H. The van der Waals surface area contributed by atoms with E-state index in [-0.39, 0.29) is 0 Å². The molecular weight excluding hydrogens is 171 g/mol. The summed E-state index contributed by atoms with van der Waals surface area (Å²) >= 11 is 0. The lowest BCUT2D eigenvalue weighted by Gasteiger charge is -2.04. The first-order valence-electron chi connectivity index (χ1n) is 2.94. The van der Waals surface area contributed by atoms with Crippen molar-refractivity contribution in [3.05, 3.63) is 24.0 Å². The fourth-order valence-corrected chi connectivity index (χ4v) is 0.606. The van der Waals surface area contributed by atoms with Gasteiger partial charge >= 0.3 is 7.32 Å². The molecule has 64 valence electrons. The minimum Gasteiger partial charge on any atom is -0.509 e. The number of aromatic nitrogens is 1. The monoisotopic (exact) mass is 175 g/mol. The average molecular weight is 175 g/mol. The molecule has 0 bridgehead atoms. The van der Waals surface area contributed by atoms with Gasteiger partial charge in [0.25, 0.3) is 5.95 Å². The summed E-state index contributed by atoms with van der Waals surface area (Å²) in [6.45, 7) is 0. The second-order valence-corrected chi connectivity index (χ2v) is 1.86. The van der Waals surface area contributed by atoms with E-state index in [0.29, 0.717) is 0 Å². The van der Waals surface area contributed by atoms with Crippen molar-refractivity contribution in [2.75, 3.05) is 0 Å². The predicted molar refractivity (Wildman–Crippen MR) is 35.0 cm³/mol. The molecule has 7 heteroatoms. The van der Waals surface area contributed by atoms with E-state index in [9.17, 15) is 8.78 Å². The summed E-state index contributed by atoms with van der Waals surface area (Å²) in [4.78, 5) is 2.96. The van der Waals surface area contributed by atoms with E-state index in [2.05, 4.69) is 9.64 Å². The Kier molecular flexibility index (Phi) is 2.56. The van der Waals surface area contributed by atoms with Crippen LogP contribution in [-0.4, -0.2) is 22.4 Å². The lowest BCUT2D eigenvalue weighted by Crippen LogP contribution is -2.21. The van der Waals surface area contributed by atoms with E-state index in [0.717, 1.165) is 12.3 Å². The zero-order valence-corrected chi connectivity index (χ0v) is 5.74. The van der Waals surface area contributed by atoms with E-state index >= 15 is 0 Å². The van der Waals surface area contributed by atoms with Crippen molar-refractivity contribution in [1.82, 2.24) is 4.98 Å². The normalized spacial score (nSPS) is 9.67. The molecule has 0 saturated carbocycles. The van der Waals surface area contributed by atoms with Gasteiger partial charge in [0.2, 0.25) is 5.82 Å². The molecule has 0 aliphatic rings. The molecular formula is C5H4BF2NO3. The van der Waals surface area contributed by atoms with Gasteiger partial charge < -0.3 is 14.7 Å². The third-order valence-electron chi connectivity index (χ3n) is 1.04. The highest BCUT2D eigenvalue weighted by molar-refractivity contribution is 6.33. The minimum atomic E-state index is -2.18. The summed E-state index contributed by atoms with van der Waals surface area (Å²) < 4.78 is 29.0. The van der Waals surface area contributed by atoms with Gasteiger partial charge in [-0.2, -0.15) is 8.78 Å². The van der Waals surface area contributed by atoms with Crippen LogP contribution in [0.15, 0.2) is 12.3 Å². The van der Waals surface area contributed by atoms with Crippen LogP contribution >= 0.6 is 0 Å². The van der Waals surface area contributed by atoms with Gasteiger partial charge in [0, 0.05) is 12.3 Å². The summed E-state index contributed by atoms with van der Waals surface area (Å²) in [5.41, 5.74) is 0. The lowest BCUT2D eigenvalue weighted by atomic mass is 10.2. The van der Waals surface area contributed by atoms with Gasteiger partial charge in [0.05, 0.1) is 0 Å². The van der Waals surface area contributed by atoms with Crippen LogP contribution in [-0.2, 0) is 0 Å². The SMILES string of the molecule is OB(O)Oc1ccnc(F)c1F. The number of rotatable bonds is 2. The van der Waals surface area contributed by atoms with Crippen molar-refractivity contribution >= 4 is 7.32 Å². The Morgan fingerprint density at radius 2 is 2.08 bits per heavy atom. The van der Waals surface area contributed by atoms with E-state index in [1.54, 1.807) is 0 Å². The first-order chi connectivity index (χ1) is 5.61. The summed E-state index contributed by atoms with van der Waals surface area (Å²) in [6, 6.07) is 0.970. The van der Waals surface area contributed by atoms with Crippen molar-refractivity contribution in [1.29, 1.82) is 0 Å². The molecule has 0 spiro atoms. The van der Waals surface area contributed by atoms with E-state index < -0.39 is 24.8 Å². The summed E-state index contributed by atoms with van der Waals surface area (Å²) in [5.74, 6) is -3.31. The van der Waals surface area contributed by atoms with Gasteiger partial charge in [-0.25, -0.2) is 4.98 Å². The lowest BCUT2D eigenvalue weighted by molar-refractivity contribution is 0.278. The first-order valence-corrected chi connectivity index (χ1v) is 2.94. The van der Waals surface area contributed by atoms with Crippen LogP contribution in [0.1, 0.15) is 0 Å². The van der Waals surface area contributed by atoms with Gasteiger partial charge in [-0.1, -0.05) is 0 Å². The molecule has 1 heterocycles. The number of pyridine rings is 1. The second-order valence-electron chi connectivity index (χ2n) is 1.86. The molecule has 0 saturated heterocycles. The van der Waals surface area contributed by atoms with Gasteiger partial charge in [-0.05, 0) is 0 Å². The molecule has 0 unspecified atom stereocenters. The second kappa shape index (κ2) is 3.46. The summed E-state index contributed by atoms with van der Waals surface area (Å²) in [5, 5.41) is 16.5. The number of hydrogen-bond donors (Lipinski definition) is 2. The van der Waals surface area contributed by atoms with Gasteiger partial charge in [-0.15, -0.1) is 0 Å². The Labute approximate surface area is 66.6 Å². The van der Waals surface area contributed by atoms with Crippen molar-refractivity contribution in [3.63, 3.8) is 0 Å². The highest BCUT2D eigenvalue weighted by Gasteiger charge is 2.17. The van der Waals surface area contributed by atoms with Crippen LogP contribution < -0.4 is 4.65 Å². The van der Waals surface area contributed by atoms with Gasteiger partial charge in [0.1, 0.15) is 5.75 Å². The molecule has 1 rings (SSSR count). The molecule has 12 heavy (non-hydrogen) atoms. The maximum Gasteiger partial charge on any atom is 0.707 e. The number of halogens is 2. The molecule has 0 aliphatic carbocycles. The Morgan fingerprint density at radius 3 is 2.67 bits per heavy atom. The number of hydrogen-bond acceptors (Lipinski definition) is 4. The highest BCUT2D eigenvalue weighted by atomic mass is 19.2. The molecule has 0 fully saturated rings. The van der Waals surface area contributed by atoms with Gasteiger partial charge in [-0.3, -0.25) is 0 Å². The van der Waals surface area contributed by atoms with Crippen LogP contribution in [0, 0.1) is 11.8 Å². The van der Waals surface area contributed by atoms with Crippen molar-refractivity contribution in [2.24, 2.45) is 0 Å². The fraction of sp³-hybridized carbons (Fsp3) is 0. The minimum absolute atomic E-state index is 0.600. The quantitative estimate of drug-likeness (QED) is 0.478. The zero-order chi connectivity index (χ0) is 9.14. The topological polar surface area (TPSA) is 62.6 Å². The zero-order valence-electron chi connectivity index (χ0n) is 5.74. The maximum atomic E-state index is 12.6. The molecule has 1 aromatic heterocycles. The van der Waals surface area contributed by atoms with E-state index in [1.165, 1.54) is 0 Å². The molecule has 4 nitrogen and oxygen atoms in total. The van der Waals surface area contributed by atoms with Crippen LogP contribution in [0.4, 0.5) is 8.78 Å². The molecule has 0 aliphatic heterocycles. The van der Waals surface area contributed by atoms with Crippen molar-refractivity contribution in [3.8, 4) is 5.75 Å². The summed E-state index contributed by atoms with van der Waals surface area (Å²) in [7, 11) is -2.18. The smallest absolute Gasteiger partial charge is 0.509 e. The van der Waals surface area contributed by atoms with Crippen molar-refractivity contribution in [2.45, 2.75) is 0 Å².